The molecule has 1 amide bonds. The molecule has 4 nitrogen and oxygen atoms in total. The molecule has 2 heterocycles. The number of aryl methyl sites for hydroxylation is 1. The molecule has 0 unspecified atom stereocenters. The van der Waals surface area contributed by atoms with Gasteiger partial charge in [0.25, 0.3) is 5.91 Å². The molecule has 0 atom stereocenters. The molecule has 3 rings (SSSR count). The number of amides is 1. The van der Waals surface area contributed by atoms with Gasteiger partial charge in [-0.15, -0.1) is 0 Å². The summed E-state index contributed by atoms with van der Waals surface area (Å²) in [5, 5.41) is 3.53. The average molecular weight is 330 g/mol. The Kier molecular flexibility index (Phi) is 5.14. The third kappa shape index (κ3) is 3.75. The van der Waals surface area contributed by atoms with Crippen LogP contribution in [0.25, 0.3) is 0 Å². The van der Waals surface area contributed by atoms with Crippen LogP contribution in [0, 0.1) is 12.3 Å². The van der Waals surface area contributed by atoms with E-state index in [4.69, 9.17) is 4.74 Å². The van der Waals surface area contributed by atoms with Crippen LogP contribution in [0.15, 0.2) is 18.2 Å². The molecule has 0 bridgehead atoms. The van der Waals surface area contributed by atoms with Gasteiger partial charge in [0.05, 0.1) is 6.10 Å². The molecule has 4 heteroatoms. The van der Waals surface area contributed by atoms with Gasteiger partial charge in [0, 0.05) is 25.2 Å². The number of piperidine rings is 2. The Morgan fingerprint density at radius 3 is 2.58 bits per heavy atom. The topological polar surface area (TPSA) is 41.6 Å². The predicted molar refractivity (Wildman–Crippen MR) is 96.6 cm³/mol. The smallest absolute Gasteiger partial charge is 0.253 e. The maximum Gasteiger partial charge on any atom is 0.253 e. The van der Waals surface area contributed by atoms with Crippen molar-refractivity contribution in [1.29, 1.82) is 0 Å². The van der Waals surface area contributed by atoms with E-state index in [0.717, 1.165) is 55.9 Å². The van der Waals surface area contributed by atoms with E-state index < -0.39 is 0 Å². The van der Waals surface area contributed by atoms with Crippen molar-refractivity contribution >= 4 is 5.91 Å². The zero-order valence-electron chi connectivity index (χ0n) is 15.2. The minimum Gasteiger partial charge on any atom is -0.491 e. The number of likely N-dealkylation sites (tertiary alicyclic amines) is 1. The summed E-state index contributed by atoms with van der Waals surface area (Å²) in [6, 6.07) is 5.80. The van der Waals surface area contributed by atoms with E-state index >= 15 is 0 Å². The number of carbonyl (C=O) groups excluding carboxylic acids is 1. The predicted octanol–water partition coefficient (Wildman–Crippen LogP) is 3.39. The van der Waals surface area contributed by atoms with Gasteiger partial charge in [-0.25, -0.2) is 0 Å². The summed E-state index contributed by atoms with van der Waals surface area (Å²) in [6.45, 7) is 10.1. The Bertz CT molecular complexity index is 581. The molecule has 2 aliphatic heterocycles. The van der Waals surface area contributed by atoms with Crippen molar-refractivity contribution in [1.82, 2.24) is 10.2 Å². The second-order valence-electron chi connectivity index (χ2n) is 7.72. The first-order chi connectivity index (χ1) is 11.5. The third-order valence-corrected chi connectivity index (χ3v) is 5.46. The lowest BCUT2D eigenvalue weighted by atomic mass is 9.73. The molecule has 0 aliphatic carbocycles. The highest BCUT2D eigenvalue weighted by atomic mass is 16.5. The summed E-state index contributed by atoms with van der Waals surface area (Å²) in [5.74, 6) is 1.03. The van der Waals surface area contributed by atoms with Gasteiger partial charge in [-0.3, -0.25) is 4.79 Å². The number of hydrogen-bond acceptors (Lipinski definition) is 3. The van der Waals surface area contributed by atoms with Crippen LogP contribution >= 0.6 is 0 Å². The Balaban J connectivity index is 1.64. The zero-order chi connectivity index (χ0) is 17.2. The van der Waals surface area contributed by atoms with Crippen LogP contribution in [-0.2, 0) is 0 Å². The highest BCUT2D eigenvalue weighted by Crippen LogP contribution is 2.37. The van der Waals surface area contributed by atoms with Crippen LogP contribution in [0.5, 0.6) is 5.75 Å². The van der Waals surface area contributed by atoms with Crippen LogP contribution in [0.3, 0.4) is 0 Å². The van der Waals surface area contributed by atoms with Crippen LogP contribution in [0.4, 0.5) is 0 Å². The fraction of sp³-hybridized carbons (Fsp3) is 0.650. The lowest BCUT2D eigenvalue weighted by Crippen LogP contribution is -2.49. The molecule has 132 valence electrons. The lowest BCUT2D eigenvalue weighted by molar-refractivity contribution is 0.0513. The average Bonchev–Trinajstić information content (AvgIpc) is 2.57. The van der Waals surface area contributed by atoms with Crippen LogP contribution in [-0.4, -0.2) is 43.1 Å². The molecule has 0 aromatic heterocycles. The molecule has 2 saturated heterocycles. The summed E-state index contributed by atoms with van der Waals surface area (Å²) in [7, 11) is 0. The van der Waals surface area contributed by atoms with Gasteiger partial charge in [0.15, 0.2) is 0 Å². The summed E-state index contributed by atoms with van der Waals surface area (Å²) in [5.41, 5.74) is 2.24. The number of nitrogens with zero attached hydrogens (tertiary/aromatic N) is 1. The molecule has 2 aliphatic rings. The van der Waals surface area contributed by atoms with Crippen molar-refractivity contribution in [3.63, 3.8) is 0 Å². The van der Waals surface area contributed by atoms with Gasteiger partial charge in [0.1, 0.15) is 5.75 Å². The zero-order valence-corrected chi connectivity index (χ0v) is 15.2. The number of carbonyl (C=O) groups is 1. The standard InChI is InChI=1S/C20H30N2O2/c1-15(2)24-18-6-5-17(13-16(18)3)19(23)22-11-8-20(9-12-22)7-4-10-21-14-20/h5-6,13,15,21H,4,7-12,14H2,1-3H3. The molecular weight excluding hydrogens is 300 g/mol. The van der Waals surface area contributed by atoms with E-state index in [0.29, 0.717) is 5.41 Å². The molecule has 1 spiro atoms. The van der Waals surface area contributed by atoms with Crippen molar-refractivity contribution < 1.29 is 9.53 Å². The van der Waals surface area contributed by atoms with Gasteiger partial charge in [-0.2, -0.15) is 0 Å². The third-order valence-electron chi connectivity index (χ3n) is 5.46. The second-order valence-corrected chi connectivity index (χ2v) is 7.72. The van der Waals surface area contributed by atoms with E-state index in [2.05, 4.69) is 5.32 Å². The fourth-order valence-electron chi connectivity index (χ4n) is 3.99. The Hall–Kier alpha value is -1.55. The van der Waals surface area contributed by atoms with Crippen molar-refractivity contribution in [2.75, 3.05) is 26.2 Å². The van der Waals surface area contributed by atoms with E-state index in [9.17, 15) is 4.79 Å². The van der Waals surface area contributed by atoms with Gasteiger partial charge in [-0.1, -0.05) is 0 Å². The van der Waals surface area contributed by atoms with Gasteiger partial charge in [-0.05, 0) is 82.2 Å². The van der Waals surface area contributed by atoms with Crippen LogP contribution in [0.2, 0.25) is 0 Å². The summed E-state index contributed by atoms with van der Waals surface area (Å²) >= 11 is 0. The SMILES string of the molecule is Cc1cc(C(=O)N2CCC3(CCCNC3)CC2)ccc1OC(C)C. The van der Waals surface area contributed by atoms with Gasteiger partial charge in [0.2, 0.25) is 0 Å². The molecular formula is C20H30N2O2. The van der Waals surface area contributed by atoms with Crippen molar-refractivity contribution in [3.8, 4) is 5.75 Å². The second kappa shape index (κ2) is 7.14. The highest BCUT2D eigenvalue weighted by molar-refractivity contribution is 5.94. The van der Waals surface area contributed by atoms with E-state index in [1.165, 1.54) is 12.8 Å². The van der Waals surface area contributed by atoms with E-state index in [1.807, 2.05) is 43.9 Å². The maximum absolute atomic E-state index is 12.8. The summed E-state index contributed by atoms with van der Waals surface area (Å²) < 4.78 is 5.77. The first-order valence-corrected chi connectivity index (χ1v) is 9.26. The summed E-state index contributed by atoms with van der Waals surface area (Å²) in [6.07, 6.45) is 4.97. The molecule has 24 heavy (non-hydrogen) atoms. The number of ether oxygens (including phenoxy) is 1. The first-order valence-electron chi connectivity index (χ1n) is 9.26. The molecule has 1 aromatic carbocycles. The van der Waals surface area contributed by atoms with Gasteiger partial charge >= 0.3 is 0 Å². The van der Waals surface area contributed by atoms with Crippen LogP contribution in [0.1, 0.15) is 55.5 Å². The summed E-state index contributed by atoms with van der Waals surface area (Å²) in [4.78, 5) is 14.9. The van der Waals surface area contributed by atoms with Crippen molar-refractivity contribution in [2.45, 2.75) is 52.6 Å². The maximum atomic E-state index is 12.8. The number of rotatable bonds is 3. The highest BCUT2D eigenvalue weighted by Gasteiger charge is 2.36. The number of nitrogens with one attached hydrogen (secondary N) is 1. The largest absolute Gasteiger partial charge is 0.491 e. The Morgan fingerprint density at radius 2 is 2.00 bits per heavy atom. The molecule has 2 fully saturated rings. The number of benzene rings is 1. The van der Waals surface area contributed by atoms with Gasteiger partial charge < -0.3 is 15.0 Å². The molecule has 1 N–H and O–H groups in total. The molecule has 0 radical (unpaired) electrons. The van der Waals surface area contributed by atoms with Crippen molar-refractivity contribution in [2.24, 2.45) is 5.41 Å². The fourth-order valence-corrected chi connectivity index (χ4v) is 3.99. The van der Waals surface area contributed by atoms with E-state index in [1.54, 1.807) is 0 Å². The van der Waals surface area contributed by atoms with Crippen LogP contribution < -0.4 is 10.1 Å². The van der Waals surface area contributed by atoms with E-state index in [-0.39, 0.29) is 12.0 Å². The first kappa shape index (κ1) is 17.3. The molecule has 0 saturated carbocycles. The van der Waals surface area contributed by atoms with Crippen molar-refractivity contribution in [3.05, 3.63) is 29.3 Å². The number of hydrogen-bond donors (Lipinski definition) is 1. The minimum atomic E-state index is 0.146. The monoisotopic (exact) mass is 330 g/mol. The Morgan fingerprint density at radius 1 is 1.25 bits per heavy atom. The quantitative estimate of drug-likeness (QED) is 0.924. The normalized spacial score (nSPS) is 20.4. The molecule has 1 aromatic rings. The minimum absolute atomic E-state index is 0.146. The lowest BCUT2D eigenvalue weighted by Gasteiger charge is -2.44. The Labute approximate surface area is 145 Å².